The molecule has 0 amide bonds. The summed E-state index contributed by atoms with van der Waals surface area (Å²) in [6.45, 7) is 0.831. The zero-order valence-electron chi connectivity index (χ0n) is 10.3. The van der Waals surface area contributed by atoms with E-state index in [1.54, 1.807) is 0 Å². The fraction of sp³-hybridized carbons (Fsp3) is 0.462. The van der Waals surface area contributed by atoms with Gasteiger partial charge in [0.1, 0.15) is 0 Å². The first-order chi connectivity index (χ1) is 8.79. The summed E-state index contributed by atoms with van der Waals surface area (Å²) >= 11 is 2.02. The zero-order chi connectivity index (χ0) is 12.8. The van der Waals surface area contributed by atoms with Crippen molar-refractivity contribution in [2.24, 2.45) is 10.9 Å². The Morgan fingerprint density at radius 2 is 2.44 bits per heavy atom. The van der Waals surface area contributed by atoms with Crippen LogP contribution in [0.2, 0.25) is 0 Å². The predicted molar refractivity (Wildman–Crippen MR) is 76.1 cm³/mol. The molecule has 0 radical (unpaired) electrons. The molecule has 4 nitrogen and oxygen atoms in total. The van der Waals surface area contributed by atoms with E-state index < -0.39 is 0 Å². The molecule has 1 saturated heterocycles. The fourth-order valence-corrected chi connectivity index (χ4v) is 3.17. The van der Waals surface area contributed by atoms with Crippen molar-refractivity contribution in [1.29, 1.82) is 0 Å². The van der Waals surface area contributed by atoms with E-state index in [4.69, 9.17) is 10.9 Å². The molecule has 1 aliphatic rings. The molecule has 0 aromatic heterocycles. The summed E-state index contributed by atoms with van der Waals surface area (Å²) in [6.07, 6.45) is 2.55. The van der Waals surface area contributed by atoms with Crippen molar-refractivity contribution in [1.82, 2.24) is 5.32 Å². The lowest BCUT2D eigenvalue weighted by molar-refractivity contribution is 0.318. The molecule has 5 heteroatoms. The normalized spacial score (nSPS) is 20.9. The minimum atomic E-state index is 0.157. The Labute approximate surface area is 112 Å². The predicted octanol–water partition coefficient (Wildman–Crippen LogP) is 1.77. The molecule has 0 aliphatic carbocycles. The molecule has 1 aromatic carbocycles. The summed E-state index contributed by atoms with van der Waals surface area (Å²) in [6, 6.07) is 8.39. The fourth-order valence-electron chi connectivity index (χ4n) is 2.06. The second-order valence-corrected chi connectivity index (χ2v) is 5.63. The van der Waals surface area contributed by atoms with Crippen LogP contribution in [0.15, 0.2) is 29.4 Å². The molecule has 1 aromatic rings. The lowest BCUT2D eigenvalue weighted by Crippen LogP contribution is -2.33. The Bertz CT molecular complexity index is 416. The molecule has 1 unspecified atom stereocenters. The topological polar surface area (TPSA) is 70.6 Å². The average Bonchev–Trinajstić information content (AvgIpc) is 2.45. The minimum Gasteiger partial charge on any atom is -0.409 e. The van der Waals surface area contributed by atoms with Crippen molar-refractivity contribution in [2.45, 2.75) is 25.4 Å². The highest BCUT2D eigenvalue weighted by atomic mass is 32.2. The molecular formula is C13H19N3OS. The summed E-state index contributed by atoms with van der Waals surface area (Å²) in [5, 5.41) is 15.2. The first-order valence-corrected chi connectivity index (χ1v) is 7.33. The summed E-state index contributed by atoms with van der Waals surface area (Å²) in [7, 11) is 0. The van der Waals surface area contributed by atoms with Crippen molar-refractivity contribution in [3.63, 3.8) is 0 Å². The lowest BCUT2D eigenvalue weighted by Gasteiger charge is -2.22. The number of nitrogens with two attached hydrogens (primary N) is 1. The van der Waals surface area contributed by atoms with E-state index in [1.807, 2.05) is 30.0 Å². The van der Waals surface area contributed by atoms with Gasteiger partial charge in [-0.2, -0.15) is 11.8 Å². The van der Waals surface area contributed by atoms with Crippen molar-refractivity contribution < 1.29 is 5.21 Å². The average molecular weight is 265 g/mol. The van der Waals surface area contributed by atoms with E-state index in [0.717, 1.165) is 17.7 Å². The first-order valence-electron chi connectivity index (χ1n) is 6.17. The number of oxime groups is 1. The summed E-state index contributed by atoms with van der Waals surface area (Å²) in [5.41, 5.74) is 7.50. The van der Waals surface area contributed by atoms with E-state index in [1.165, 1.54) is 24.3 Å². The summed E-state index contributed by atoms with van der Waals surface area (Å²) in [4.78, 5) is 0. The number of hydrogen-bond donors (Lipinski definition) is 3. The van der Waals surface area contributed by atoms with Crippen molar-refractivity contribution in [3.8, 4) is 0 Å². The van der Waals surface area contributed by atoms with Crippen LogP contribution in [0.4, 0.5) is 0 Å². The van der Waals surface area contributed by atoms with Crippen LogP contribution in [-0.4, -0.2) is 28.6 Å². The van der Waals surface area contributed by atoms with E-state index in [0.29, 0.717) is 6.04 Å². The number of rotatable bonds is 4. The van der Waals surface area contributed by atoms with Crippen LogP contribution in [0.25, 0.3) is 0 Å². The third kappa shape index (κ3) is 3.65. The molecule has 4 N–H and O–H groups in total. The minimum absolute atomic E-state index is 0.157. The monoisotopic (exact) mass is 265 g/mol. The van der Waals surface area contributed by atoms with E-state index in [9.17, 15) is 0 Å². The maximum Gasteiger partial charge on any atom is 0.170 e. The third-order valence-corrected chi connectivity index (χ3v) is 4.30. The van der Waals surface area contributed by atoms with Gasteiger partial charge in [0, 0.05) is 23.9 Å². The second kappa shape index (κ2) is 6.66. The molecular weight excluding hydrogens is 246 g/mol. The van der Waals surface area contributed by atoms with Gasteiger partial charge in [0.2, 0.25) is 0 Å². The lowest BCUT2D eigenvalue weighted by atomic mass is 10.1. The molecule has 0 spiro atoms. The van der Waals surface area contributed by atoms with Crippen LogP contribution in [0.3, 0.4) is 0 Å². The Hall–Kier alpha value is -1.20. The quantitative estimate of drug-likeness (QED) is 0.336. The highest BCUT2D eigenvalue weighted by Crippen LogP contribution is 2.17. The van der Waals surface area contributed by atoms with Crippen molar-refractivity contribution in [2.75, 3.05) is 11.5 Å². The van der Waals surface area contributed by atoms with E-state index in [-0.39, 0.29) is 5.84 Å². The van der Waals surface area contributed by atoms with E-state index in [2.05, 4.69) is 16.5 Å². The Morgan fingerprint density at radius 1 is 1.56 bits per heavy atom. The summed E-state index contributed by atoms with van der Waals surface area (Å²) < 4.78 is 0. The number of thioether (sulfide) groups is 1. The largest absolute Gasteiger partial charge is 0.409 e. The molecule has 0 bridgehead atoms. The van der Waals surface area contributed by atoms with Gasteiger partial charge in [-0.05, 0) is 30.2 Å². The third-order valence-electron chi connectivity index (χ3n) is 3.09. The van der Waals surface area contributed by atoms with Gasteiger partial charge in [-0.3, -0.25) is 0 Å². The van der Waals surface area contributed by atoms with Crippen LogP contribution in [0.5, 0.6) is 0 Å². The Kier molecular flexibility index (Phi) is 4.90. The highest BCUT2D eigenvalue weighted by molar-refractivity contribution is 7.99. The van der Waals surface area contributed by atoms with Crippen molar-refractivity contribution in [3.05, 3.63) is 35.4 Å². The van der Waals surface area contributed by atoms with Gasteiger partial charge in [-0.15, -0.1) is 0 Å². The molecule has 1 aliphatic heterocycles. The Morgan fingerprint density at radius 3 is 3.17 bits per heavy atom. The smallest absolute Gasteiger partial charge is 0.170 e. The first kappa shape index (κ1) is 13.2. The number of amidine groups is 1. The second-order valence-electron chi connectivity index (χ2n) is 4.48. The number of benzene rings is 1. The standard InChI is InChI=1S/C13H19N3OS/c14-13(16-17)11-4-1-3-10(7-11)8-15-12-5-2-6-18-9-12/h1,3-4,7,12,15,17H,2,5-6,8-9H2,(H2,14,16). The maximum absolute atomic E-state index is 8.66. The molecule has 1 atom stereocenters. The van der Waals surface area contributed by atoms with Gasteiger partial charge in [0.15, 0.2) is 5.84 Å². The van der Waals surface area contributed by atoms with Crippen LogP contribution >= 0.6 is 11.8 Å². The maximum atomic E-state index is 8.66. The zero-order valence-corrected chi connectivity index (χ0v) is 11.1. The van der Waals surface area contributed by atoms with Crippen LogP contribution in [0.1, 0.15) is 24.0 Å². The molecule has 1 heterocycles. The molecule has 1 fully saturated rings. The van der Waals surface area contributed by atoms with Crippen LogP contribution in [0, 0.1) is 0 Å². The van der Waals surface area contributed by atoms with Gasteiger partial charge in [0.25, 0.3) is 0 Å². The highest BCUT2D eigenvalue weighted by Gasteiger charge is 2.12. The van der Waals surface area contributed by atoms with E-state index >= 15 is 0 Å². The van der Waals surface area contributed by atoms with Gasteiger partial charge in [-0.1, -0.05) is 23.4 Å². The number of nitrogens with one attached hydrogen (secondary N) is 1. The van der Waals surface area contributed by atoms with Crippen LogP contribution in [-0.2, 0) is 6.54 Å². The van der Waals surface area contributed by atoms with Gasteiger partial charge >= 0.3 is 0 Å². The molecule has 0 saturated carbocycles. The van der Waals surface area contributed by atoms with Crippen molar-refractivity contribution >= 4 is 17.6 Å². The number of nitrogens with zero attached hydrogens (tertiary/aromatic N) is 1. The van der Waals surface area contributed by atoms with Gasteiger partial charge in [0.05, 0.1) is 0 Å². The molecule has 18 heavy (non-hydrogen) atoms. The molecule has 2 rings (SSSR count). The summed E-state index contributed by atoms with van der Waals surface area (Å²) in [5.74, 6) is 2.64. The van der Waals surface area contributed by atoms with Crippen LogP contribution < -0.4 is 11.1 Å². The van der Waals surface area contributed by atoms with Gasteiger partial charge in [-0.25, -0.2) is 0 Å². The van der Waals surface area contributed by atoms with Gasteiger partial charge < -0.3 is 16.3 Å². The molecule has 98 valence electrons. The number of hydrogen-bond acceptors (Lipinski definition) is 4. The SMILES string of the molecule is N/C(=N/O)c1cccc(CNC2CCCSC2)c1. The Balaban J connectivity index is 1.92.